The maximum absolute atomic E-state index is 9.51. The molecule has 1 aliphatic rings. The summed E-state index contributed by atoms with van der Waals surface area (Å²) in [6.07, 6.45) is 5.17. The van der Waals surface area contributed by atoms with Gasteiger partial charge in [-0.25, -0.2) is 0 Å². The summed E-state index contributed by atoms with van der Waals surface area (Å²) < 4.78 is 1.91. The smallest absolute Gasteiger partial charge is 0.115 e. The summed E-state index contributed by atoms with van der Waals surface area (Å²) in [6.45, 7) is 1.41. The first kappa shape index (κ1) is 14.1. The Morgan fingerprint density at radius 2 is 2.29 bits per heavy atom. The molecule has 0 radical (unpaired) electrons. The quantitative estimate of drug-likeness (QED) is 0.783. The Labute approximate surface area is 124 Å². The van der Waals surface area contributed by atoms with Crippen molar-refractivity contribution in [1.29, 1.82) is 0 Å². The summed E-state index contributed by atoms with van der Waals surface area (Å²) in [5.74, 6) is 0.300. The molecule has 0 aliphatic heterocycles. The van der Waals surface area contributed by atoms with Crippen LogP contribution in [0.4, 0.5) is 0 Å². The number of aromatic hydroxyl groups is 1. The number of hydrogen-bond acceptors (Lipinski definition) is 4. The second-order valence-corrected chi connectivity index (χ2v) is 5.49. The van der Waals surface area contributed by atoms with Crippen LogP contribution >= 0.6 is 0 Å². The molecule has 0 amide bonds. The summed E-state index contributed by atoms with van der Waals surface area (Å²) in [4.78, 5) is 0. The van der Waals surface area contributed by atoms with Gasteiger partial charge in [-0.05, 0) is 37.0 Å². The molecule has 0 bridgehead atoms. The maximum Gasteiger partial charge on any atom is 0.115 e. The normalized spacial score (nSPS) is 17.7. The lowest BCUT2D eigenvalue weighted by atomic mass is 9.93. The van der Waals surface area contributed by atoms with E-state index in [4.69, 9.17) is 5.11 Å². The second kappa shape index (κ2) is 6.28. The lowest BCUT2D eigenvalue weighted by molar-refractivity contribution is 0.266. The van der Waals surface area contributed by atoms with E-state index < -0.39 is 0 Å². The van der Waals surface area contributed by atoms with Crippen molar-refractivity contribution in [1.82, 2.24) is 15.1 Å². The van der Waals surface area contributed by atoms with E-state index in [1.807, 2.05) is 23.0 Å². The first-order chi connectivity index (χ1) is 10.3. The molecule has 2 aromatic rings. The number of phenols is 1. The molecule has 0 saturated carbocycles. The van der Waals surface area contributed by atoms with Crippen molar-refractivity contribution in [2.45, 2.75) is 38.4 Å². The molecular formula is C16H21N3O2. The SMILES string of the molecule is OCCn1ncc2c1CCCC2NCc1cccc(O)c1. The number of nitrogens with one attached hydrogen (secondary N) is 1. The fraction of sp³-hybridized carbons (Fsp3) is 0.438. The minimum Gasteiger partial charge on any atom is -0.508 e. The zero-order valence-corrected chi connectivity index (χ0v) is 12.0. The van der Waals surface area contributed by atoms with Crippen LogP contribution in [0.2, 0.25) is 0 Å². The zero-order valence-electron chi connectivity index (χ0n) is 12.0. The van der Waals surface area contributed by atoms with E-state index in [1.165, 1.54) is 11.3 Å². The van der Waals surface area contributed by atoms with Crippen molar-refractivity contribution in [3.8, 4) is 5.75 Å². The second-order valence-electron chi connectivity index (χ2n) is 5.49. The van der Waals surface area contributed by atoms with Crippen LogP contribution in [0, 0.1) is 0 Å². The van der Waals surface area contributed by atoms with Gasteiger partial charge in [0.05, 0.1) is 19.3 Å². The molecule has 112 valence electrons. The van der Waals surface area contributed by atoms with Crippen LogP contribution in [0.1, 0.15) is 35.7 Å². The Bertz CT molecular complexity index is 609. The molecule has 5 heteroatoms. The number of fused-ring (bicyclic) bond motifs is 1. The van der Waals surface area contributed by atoms with Crippen molar-refractivity contribution in [3.05, 3.63) is 47.3 Å². The minimum absolute atomic E-state index is 0.121. The first-order valence-corrected chi connectivity index (χ1v) is 7.44. The van der Waals surface area contributed by atoms with E-state index in [-0.39, 0.29) is 6.61 Å². The number of hydrogen-bond donors (Lipinski definition) is 3. The predicted octanol–water partition coefficient (Wildman–Crippen LogP) is 1.75. The number of rotatable bonds is 5. The molecule has 3 N–H and O–H groups in total. The number of benzene rings is 1. The van der Waals surface area contributed by atoms with E-state index in [1.54, 1.807) is 12.1 Å². The summed E-state index contributed by atoms with van der Waals surface area (Å²) in [5, 5.41) is 26.5. The van der Waals surface area contributed by atoms with Crippen LogP contribution in [0.15, 0.2) is 30.5 Å². The third-order valence-electron chi connectivity index (χ3n) is 4.04. The van der Waals surface area contributed by atoms with Gasteiger partial charge in [0, 0.05) is 23.8 Å². The molecule has 1 aromatic carbocycles. The zero-order chi connectivity index (χ0) is 14.7. The van der Waals surface area contributed by atoms with Crippen molar-refractivity contribution in [2.24, 2.45) is 0 Å². The standard InChI is InChI=1S/C16H21N3O2/c20-8-7-19-16-6-2-5-15(14(16)11-18-19)17-10-12-3-1-4-13(21)9-12/h1,3-4,9,11,15,17,20-21H,2,5-8,10H2. The van der Waals surface area contributed by atoms with Crippen molar-refractivity contribution >= 4 is 0 Å². The topological polar surface area (TPSA) is 70.3 Å². The molecular weight excluding hydrogens is 266 g/mol. The lowest BCUT2D eigenvalue weighted by Crippen LogP contribution is -2.25. The Morgan fingerprint density at radius 3 is 3.10 bits per heavy atom. The number of nitrogens with zero attached hydrogens (tertiary/aromatic N) is 2. The van der Waals surface area contributed by atoms with Crippen molar-refractivity contribution < 1.29 is 10.2 Å². The van der Waals surface area contributed by atoms with Gasteiger partial charge < -0.3 is 15.5 Å². The average molecular weight is 287 g/mol. The van der Waals surface area contributed by atoms with Crippen LogP contribution < -0.4 is 5.32 Å². The van der Waals surface area contributed by atoms with Gasteiger partial charge in [-0.3, -0.25) is 4.68 Å². The van der Waals surface area contributed by atoms with Crippen LogP contribution in [0.3, 0.4) is 0 Å². The molecule has 0 fully saturated rings. The van der Waals surface area contributed by atoms with Crippen molar-refractivity contribution in [2.75, 3.05) is 6.61 Å². The number of aliphatic hydroxyl groups excluding tert-OH is 1. The summed E-state index contributed by atoms with van der Waals surface area (Å²) in [6, 6.07) is 7.62. The molecule has 21 heavy (non-hydrogen) atoms. The first-order valence-electron chi connectivity index (χ1n) is 7.44. The highest BCUT2D eigenvalue weighted by molar-refractivity contribution is 5.28. The van der Waals surface area contributed by atoms with Crippen LogP contribution in [-0.2, 0) is 19.5 Å². The van der Waals surface area contributed by atoms with E-state index in [9.17, 15) is 5.11 Å². The van der Waals surface area contributed by atoms with Gasteiger partial charge in [-0.1, -0.05) is 12.1 Å². The van der Waals surface area contributed by atoms with E-state index in [2.05, 4.69) is 10.4 Å². The average Bonchev–Trinajstić information content (AvgIpc) is 2.90. The third kappa shape index (κ3) is 3.09. The molecule has 0 spiro atoms. The van der Waals surface area contributed by atoms with Gasteiger partial charge in [-0.2, -0.15) is 5.10 Å². The number of aliphatic hydroxyl groups is 1. The summed E-state index contributed by atoms with van der Waals surface area (Å²) in [5.41, 5.74) is 3.56. The molecule has 3 rings (SSSR count). The Kier molecular flexibility index (Phi) is 4.22. The highest BCUT2D eigenvalue weighted by Gasteiger charge is 2.23. The van der Waals surface area contributed by atoms with E-state index in [0.29, 0.717) is 18.3 Å². The van der Waals surface area contributed by atoms with Gasteiger partial charge >= 0.3 is 0 Å². The maximum atomic E-state index is 9.51. The molecule has 1 atom stereocenters. The number of phenolic OH excluding ortho intramolecular Hbond substituents is 1. The highest BCUT2D eigenvalue weighted by Crippen LogP contribution is 2.29. The van der Waals surface area contributed by atoms with Crippen LogP contribution in [0.25, 0.3) is 0 Å². The van der Waals surface area contributed by atoms with E-state index in [0.717, 1.165) is 31.4 Å². The predicted molar refractivity (Wildman–Crippen MR) is 79.9 cm³/mol. The molecule has 0 saturated heterocycles. The Hall–Kier alpha value is -1.85. The van der Waals surface area contributed by atoms with Gasteiger partial charge in [-0.15, -0.1) is 0 Å². The fourth-order valence-electron chi connectivity index (χ4n) is 3.03. The number of aromatic nitrogens is 2. The lowest BCUT2D eigenvalue weighted by Gasteiger charge is -2.24. The van der Waals surface area contributed by atoms with Gasteiger partial charge in [0.1, 0.15) is 5.75 Å². The third-order valence-corrected chi connectivity index (χ3v) is 4.04. The van der Waals surface area contributed by atoms with Gasteiger partial charge in [0.25, 0.3) is 0 Å². The van der Waals surface area contributed by atoms with Gasteiger partial charge in [0.15, 0.2) is 0 Å². The van der Waals surface area contributed by atoms with Crippen LogP contribution in [0.5, 0.6) is 5.75 Å². The minimum atomic E-state index is 0.121. The van der Waals surface area contributed by atoms with Crippen LogP contribution in [-0.4, -0.2) is 26.6 Å². The summed E-state index contributed by atoms with van der Waals surface area (Å²) in [7, 11) is 0. The summed E-state index contributed by atoms with van der Waals surface area (Å²) >= 11 is 0. The largest absolute Gasteiger partial charge is 0.508 e. The monoisotopic (exact) mass is 287 g/mol. The molecule has 1 heterocycles. The Morgan fingerprint density at radius 1 is 1.38 bits per heavy atom. The van der Waals surface area contributed by atoms with Gasteiger partial charge in [0.2, 0.25) is 0 Å². The van der Waals surface area contributed by atoms with Crippen molar-refractivity contribution in [3.63, 3.8) is 0 Å². The molecule has 5 nitrogen and oxygen atoms in total. The highest BCUT2D eigenvalue weighted by atomic mass is 16.3. The molecule has 1 unspecified atom stereocenters. The molecule has 1 aromatic heterocycles. The Balaban J connectivity index is 1.70. The van der Waals surface area contributed by atoms with E-state index >= 15 is 0 Å². The fourth-order valence-corrected chi connectivity index (χ4v) is 3.03. The molecule has 1 aliphatic carbocycles.